The molecule has 0 saturated carbocycles. The summed E-state index contributed by atoms with van der Waals surface area (Å²) in [6.07, 6.45) is -0.158. The number of aliphatic imine (C=N–C) groups is 2. The molecule has 0 aliphatic carbocycles. The van der Waals surface area contributed by atoms with Crippen molar-refractivity contribution in [3.05, 3.63) is 35.9 Å². The Morgan fingerprint density at radius 1 is 0.737 bits per heavy atom. The minimum absolute atomic E-state index is 0.0116. The zero-order valence-corrected chi connectivity index (χ0v) is 44.3. The maximum Gasteiger partial charge on any atom is 0.305 e. The van der Waals surface area contributed by atoms with Crippen molar-refractivity contribution in [3.8, 4) is 0 Å². The van der Waals surface area contributed by atoms with Crippen LogP contribution < -0.4 is 71.2 Å². The molecule has 2 heterocycles. The third-order valence-corrected chi connectivity index (χ3v) is 14.5. The van der Waals surface area contributed by atoms with Crippen molar-refractivity contribution in [1.82, 2.24) is 47.4 Å². The number of carboxylic acid groups (broad SMARTS) is 1. The number of primary amides is 1. The number of benzene rings is 1. The van der Waals surface area contributed by atoms with E-state index in [1.54, 1.807) is 44.2 Å². The van der Waals surface area contributed by atoms with Gasteiger partial charge in [-0.1, -0.05) is 72.2 Å². The molecule has 2 fully saturated rings. The maximum atomic E-state index is 14.4. The molecular weight excluding hydrogens is 1030 g/mol. The van der Waals surface area contributed by atoms with Gasteiger partial charge in [0.1, 0.15) is 48.3 Å². The van der Waals surface area contributed by atoms with Crippen LogP contribution in [0.5, 0.6) is 0 Å². The highest BCUT2D eigenvalue weighted by atomic mass is 33.1. The highest BCUT2D eigenvalue weighted by molar-refractivity contribution is 8.76. The first-order valence-corrected chi connectivity index (χ1v) is 27.1. The van der Waals surface area contributed by atoms with Gasteiger partial charge in [-0.25, -0.2) is 0 Å². The smallest absolute Gasteiger partial charge is 0.305 e. The molecule has 0 spiro atoms. The first kappa shape index (κ1) is 62.9. The molecule has 0 bridgehead atoms. The Balaban J connectivity index is 2.11. The van der Waals surface area contributed by atoms with Gasteiger partial charge in [-0.3, -0.25) is 62.7 Å². The van der Waals surface area contributed by atoms with Crippen LogP contribution in [-0.4, -0.2) is 173 Å². The Kier molecular flexibility index (Phi) is 26.6. The molecule has 1 aromatic rings. The van der Waals surface area contributed by atoms with Gasteiger partial charge in [0.25, 0.3) is 0 Å². The molecule has 0 aromatic heterocycles. The number of amides is 10. The van der Waals surface area contributed by atoms with Crippen molar-refractivity contribution >= 4 is 98.5 Å². The summed E-state index contributed by atoms with van der Waals surface area (Å²) in [5.41, 5.74) is 28.2. The summed E-state index contributed by atoms with van der Waals surface area (Å²) in [6.45, 7) is 4.04. The number of carboxylic acids is 1. The SMILES string of the molecule is CC[C@H](C)[C@H]1NC(=O)[C@H](NC(C)=O)CSSC[C@H](C(N)=O)NC(=O)[C@@H](CCCN=C(N)N)NC(=O)[C@H](Cc2ccccc2)NC(=O)[C@@H](CC(=O)O)NC(=O)CNC(=O)[C@@H](CCCN=C(N)N)NC(=O)[C@@H]2CCCN2C1=O. The van der Waals surface area contributed by atoms with Gasteiger partial charge in [-0.05, 0) is 50.0 Å². The van der Waals surface area contributed by atoms with Gasteiger partial charge in [0.05, 0.1) is 13.0 Å². The molecule has 2 aliphatic heterocycles. The molecule has 9 atom stereocenters. The van der Waals surface area contributed by atoms with Gasteiger partial charge in [0.2, 0.25) is 59.1 Å². The van der Waals surface area contributed by atoms with Crippen molar-refractivity contribution in [3.63, 3.8) is 0 Å². The van der Waals surface area contributed by atoms with Crippen LogP contribution in [0.3, 0.4) is 0 Å². The van der Waals surface area contributed by atoms with Gasteiger partial charge >= 0.3 is 5.97 Å². The van der Waals surface area contributed by atoms with E-state index in [9.17, 15) is 57.8 Å². The molecule has 10 amide bonds. The van der Waals surface area contributed by atoms with Crippen molar-refractivity contribution in [1.29, 1.82) is 0 Å². The number of carbonyl (C=O) groups excluding carboxylic acids is 10. The molecule has 30 heteroatoms. The normalized spacial score (nSPS) is 24.6. The van der Waals surface area contributed by atoms with E-state index in [0.29, 0.717) is 18.4 Å². The lowest BCUT2D eigenvalue weighted by Gasteiger charge is -2.32. The van der Waals surface area contributed by atoms with Crippen LogP contribution in [0.15, 0.2) is 40.3 Å². The summed E-state index contributed by atoms with van der Waals surface area (Å²) in [6, 6.07) is -2.69. The van der Waals surface area contributed by atoms with Crippen LogP contribution in [0.1, 0.15) is 77.7 Å². The summed E-state index contributed by atoms with van der Waals surface area (Å²) in [5.74, 6) is -11.3. The second-order valence-electron chi connectivity index (χ2n) is 18.1. The molecule has 0 unspecified atom stereocenters. The second-order valence-corrected chi connectivity index (χ2v) is 20.6. The highest BCUT2D eigenvalue weighted by Crippen LogP contribution is 2.25. The Labute approximate surface area is 447 Å². The number of rotatable bonds is 16. The molecule has 2 saturated heterocycles. The summed E-state index contributed by atoms with van der Waals surface area (Å²) < 4.78 is 0. The van der Waals surface area contributed by atoms with Gasteiger partial charge < -0.3 is 81.2 Å². The van der Waals surface area contributed by atoms with Crippen molar-refractivity contribution in [2.45, 2.75) is 127 Å². The summed E-state index contributed by atoms with van der Waals surface area (Å²) >= 11 is 0. The van der Waals surface area contributed by atoms with Gasteiger partial charge in [0.15, 0.2) is 11.9 Å². The lowest BCUT2D eigenvalue weighted by Crippen LogP contribution is -2.60. The van der Waals surface area contributed by atoms with Crippen molar-refractivity contribution in [2.75, 3.05) is 37.7 Å². The fourth-order valence-electron chi connectivity index (χ4n) is 7.88. The topological polar surface area (TPSA) is 462 Å². The Hall–Kier alpha value is -7.37. The fraction of sp³-hybridized carbons (Fsp3) is 0.587. The van der Waals surface area contributed by atoms with Crippen molar-refractivity contribution < 1.29 is 57.8 Å². The zero-order chi connectivity index (χ0) is 56.5. The van der Waals surface area contributed by atoms with Gasteiger partial charge in [-0.15, -0.1) is 0 Å². The van der Waals surface area contributed by atoms with E-state index in [1.165, 1.54) is 11.8 Å². The molecule has 420 valence electrons. The molecule has 76 heavy (non-hydrogen) atoms. The molecule has 2 aliphatic rings. The average molecular weight is 1110 g/mol. The number of nitrogens with zero attached hydrogens (tertiary/aromatic N) is 3. The Morgan fingerprint density at radius 3 is 1.88 bits per heavy atom. The Bertz CT molecular complexity index is 2290. The molecule has 28 nitrogen and oxygen atoms in total. The fourth-order valence-corrected chi connectivity index (χ4v) is 10.2. The molecule has 3 rings (SSSR count). The summed E-state index contributed by atoms with van der Waals surface area (Å²) in [5, 5.41) is 30.1. The van der Waals surface area contributed by atoms with Crippen molar-refractivity contribution in [2.24, 2.45) is 44.6 Å². The number of guanidine groups is 2. The zero-order valence-electron chi connectivity index (χ0n) is 42.7. The van der Waals surface area contributed by atoms with Crippen LogP contribution in [0.25, 0.3) is 0 Å². The van der Waals surface area contributed by atoms with E-state index in [0.717, 1.165) is 21.6 Å². The van der Waals surface area contributed by atoms with E-state index in [1.807, 2.05) is 0 Å². The third kappa shape index (κ3) is 21.8. The number of fused-ring (bicyclic) bond motifs is 1. The monoisotopic (exact) mass is 1100 g/mol. The third-order valence-electron chi connectivity index (χ3n) is 12.0. The standard InChI is InChI=1S/C46H72N16O12S2/c1-4-24(2)36-44(74)62-18-10-15-33(62)43(73)58-27(13-8-16-52-45(48)49)38(68)54-21-34(64)56-30(20-35(65)66)41(71)59-29(19-26-11-6-5-7-12-26)40(70)57-28(14-9-17-53-46(50)51)39(69)60-31(37(47)67)22-75-76-23-32(42(72)61-36)55-25(3)63/h5-7,11-12,24,27-33,36H,4,8-10,13-23H2,1-3H3,(H2,47,67)(H,54,68)(H,55,63)(H,56,64)(H,57,70)(H,58,73)(H,59,71)(H,60,69)(H,61,72)(H,65,66)(H4,48,49,52)(H4,50,51,53)/t24-,27+,28+,29-,30+,31+,32+,33-,36+/m0/s1. The first-order valence-electron chi connectivity index (χ1n) is 24.6. The second kappa shape index (κ2) is 32.2. The number of hydrogen-bond donors (Lipinski definition) is 14. The minimum Gasteiger partial charge on any atom is -0.481 e. The van der Waals surface area contributed by atoms with E-state index < -0.39 is 132 Å². The Morgan fingerprint density at radius 2 is 1.30 bits per heavy atom. The molecule has 19 N–H and O–H groups in total. The van der Waals surface area contributed by atoms with E-state index in [-0.39, 0.29) is 81.6 Å². The molecule has 0 radical (unpaired) electrons. The predicted octanol–water partition coefficient (Wildman–Crippen LogP) is -4.74. The van der Waals surface area contributed by atoms with Crippen LogP contribution in [0.2, 0.25) is 0 Å². The number of carbonyl (C=O) groups is 11. The lowest BCUT2D eigenvalue weighted by molar-refractivity contribution is -0.143. The van der Waals surface area contributed by atoms with Gasteiger partial charge in [0, 0.05) is 44.5 Å². The van der Waals surface area contributed by atoms with Crippen LogP contribution in [-0.2, 0) is 59.2 Å². The average Bonchev–Trinajstić information content (AvgIpc) is 3.86. The summed E-state index contributed by atoms with van der Waals surface area (Å²) in [4.78, 5) is 158. The number of nitrogens with two attached hydrogens (primary N) is 5. The lowest BCUT2D eigenvalue weighted by atomic mass is 9.97. The van der Waals surface area contributed by atoms with E-state index in [4.69, 9.17) is 28.7 Å². The summed E-state index contributed by atoms with van der Waals surface area (Å²) in [7, 11) is 2.04. The quantitative estimate of drug-likeness (QED) is 0.0320. The molecule has 1 aromatic carbocycles. The van der Waals surface area contributed by atoms with Crippen LogP contribution in [0, 0.1) is 5.92 Å². The van der Waals surface area contributed by atoms with Crippen LogP contribution in [0.4, 0.5) is 0 Å². The van der Waals surface area contributed by atoms with E-state index >= 15 is 0 Å². The number of aliphatic carboxylic acids is 1. The first-order chi connectivity index (χ1) is 36.0. The van der Waals surface area contributed by atoms with Crippen LogP contribution >= 0.6 is 21.6 Å². The number of nitrogens with one attached hydrogen (secondary N) is 8. The number of hydrogen-bond acceptors (Lipinski definition) is 15. The molecular formula is C46H72N16O12S2. The highest BCUT2D eigenvalue weighted by Gasteiger charge is 2.41. The van der Waals surface area contributed by atoms with E-state index in [2.05, 4.69) is 52.5 Å². The maximum absolute atomic E-state index is 14.4. The van der Waals surface area contributed by atoms with Gasteiger partial charge in [-0.2, -0.15) is 0 Å². The largest absolute Gasteiger partial charge is 0.481 e. The minimum atomic E-state index is -1.83. The predicted molar refractivity (Wildman–Crippen MR) is 283 cm³/mol.